The Morgan fingerprint density at radius 1 is 1.00 bits per heavy atom. The van der Waals surface area contributed by atoms with E-state index in [2.05, 4.69) is 25.1 Å². The van der Waals surface area contributed by atoms with E-state index in [1.54, 1.807) is 5.56 Å². The molecule has 0 radical (unpaired) electrons. The number of hydrogen-bond donors (Lipinski definition) is 1. The van der Waals surface area contributed by atoms with Gasteiger partial charge in [0.2, 0.25) is 0 Å². The first kappa shape index (κ1) is 10.9. The highest BCUT2D eigenvalue weighted by Gasteiger charge is 2.51. The van der Waals surface area contributed by atoms with E-state index in [-0.39, 0.29) is 0 Å². The van der Waals surface area contributed by atoms with Crippen molar-refractivity contribution in [1.82, 2.24) is 0 Å². The van der Waals surface area contributed by atoms with Crippen LogP contribution in [0, 0.1) is 24.7 Å². The summed E-state index contributed by atoms with van der Waals surface area (Å²) < 4.78 is 0. The van der Waals surface area contributed by atoms with Crippen LogP contribution < -0.4 is 5.73 Å². The predicted octanol–water partition coefficient (Wildman–Crippen LogP) is 4.05. The van der Waals surface area contributed by atoms with Gasteiger partial charge < -0.3 is 5.73 Å². The minimum absolute atomic E-state index is 0.520. The highest BCUT2D eigenvalue weighted by Crippen LogP contribution is 2.61. The molecule has 0 saturated heterocycles. The predicted molar refractivity (Wildman–Crippen MR) is 75.4 cm³/mol. The van der Waals surface area contributed by atoms with Crippen molar-refractivity contribution in [3.05, 3.63) is 29.3 Å². The van der Waals surface area contributed by atoms with Gasteiger partial charge in [0.25, 0.3) is 0 Å². The van der Waals surface area contributed by atoms with Crippen LogP contribution in [0.4, 0.5) is 5.69 Å². The highest BCUT2D eigenvalue weighted by atomic mass is 14.6. The molecule has 0 aliphatic heterocycles. The van der Waals surface area contributed by atoms with Crippen LogP contribution >= 0.6 is 0 Å². The second-order valence-corrected chi connectivity index (χ2v) is 7.27. The van der Waals surface area contributed by atoms with Gasteiger partial charge in [-0.1, -0.05) is 6.07 Å². The van der Waals surface area contributed by atoms with Crippen molar-refractivity contribution in [3.8, 4) is 0 Å². The lowest BCUT2D eigenvalue weighted by molar-refractivity contribution is -0.00545. The number of anilines is 1. The Kier molecular flexibility index (Phi) is 2.13. The van der Waals surface area contributed by atoms with Gasteiger partial charge in [-0.15, -0.1) is 0 Å². The van der Waals surface area contributed by atoms with E-state index in [1.807, 2.05) is 0 Å². The van der Waals surface area contributed by atoms with E-state index in [9.17, 15) is 0 Å². The standard InChI is InChI=1S/C17H23N/c1-11-4-15(18)2-3-16(11)17-8-12-5-13(9-17)7-14(6-12)10-17/h2-4,12-14H,5-10,18H2,1H3. The summed E-state index contributed by atoms with van der Waals surface area (Å²) in [5.74, 6) is 3.06. The first-order valence-electron chi connectivity index (χ1n) is 7.51. The minimum atomic E-state index is 0.520. The Balaban J connectivity index is 1.79. The summed E-state index contributed by atoms with van der Waals surface area (Å²) in [4.78, 5) is 0. The van der Waals surface area contributed by atoms with Crippen molar-refractivity contribution >= 4 is 5.69 Å². The van der Waals surface area contributed by atoms with E-state index in [0.717, 1.165) is 23.4 Å². The van der Waals surface area contributed by atoms with Crippen LogP contribution in [-0.4, -0.2) is 0 Å². The Morgan fingerprint density at radius 3 is 2.06 bits per heavy atom. The first-order chi connectivity index (χ1) is 8.64. The minimum Gasteiger partial charge on any atom is -0.399 e. The Morgan fingerprint density at radius 2 is 1.56 bits per heavy atom. The third kappa shape index (κ3) is 1.46. The summed E-state index contributed by atoms with van der Waals surface area (Å²) in [7, 11) is 0. The van der Waals surface area contributed by atoms with Crippen molar-refractivity contribution in [3.63, 3.8) is 0 Å². The van der Waals surface area contributed by atoms with Gasteiger partial charge in [0.1, 0.15) is 0 Å². The van der Waals surface area contributed by atoms with Crippen molar-refractivity contribution in [2.75, 3.05) is 5.73 Å². The average Bonchev–Trinajstić information content (AvgIpc) is 2.26. The molecule has 1 heteroatoms. The maximum atomic E-state index is 5.92. The maximum Gasteiger partial charge on any atom is 0.0316 e. The lowest BCUT2D eigenvalue weighted by Gasteiger charge is -2.57. The summed E-state index contributed by atoms with van der Waals surface area (Å²) in [6, 6.07) is 6.62. The van der Waals surface area contributed by atoms with E-state index >= 15 is 0 Å². The number of rotatable bonds is 1. The van der Waals surface area contributed by atoms with Gasteiger partial charge in [-0.3, -0.25) is 0 Å². The Hall–Kier alpha value is -0.980. The Bertz CT molecular complexity index is 453. The van der Waals surface area contributed by atoms with Gasteiger partial charge in [-0.05, 0) is 91.9 Å². The van der Waals surface area contributed by atoms with Crippen LogP contribution in [0.2, 0.25) is 0 Å². The molecule has 4 fully saturated rings. The molecule has 0 atom stereocenters. The van der Waals surface area contributed by atoms with Crippen molar-refractivity contribution in [1.29, 1.82) is 0 Å². The topological polar surface area (TPSA) is 26.0 Å². The lowest BCUT2D eigenvalue weighted by Crippen LogP contribution is -2.48. The quantitative estimate of drug-likeness (QED) is 0.738. The molecular formula is C17H23N. The Labute approximate surface area is 110 Å². The molecule has 0 aromatic heterocycles. The van der Waals surface area contributed by atoms with Crippen LogP contribution in [0.1, 0.15) is 49.7 Å². The van der Waals surface area contributed by atoms with Crippen molar-refractivity contribution in [2.45, 2.75) is 50.9 Å². The summed E-state index contributed by atoms with van der Waals surface area (Å²) in [6.45, 7) is 2.25. The van der Waals surface area contributed by atoms with Gasteiger partial charge >= 0.3 is 0 Å². The van der Waals surface area contributed by atoms with E-state index in [1.165, 1.54) is 44.1 Å². The number of nitrogens with two attached hydrogens (primary N) is 1. The van der Waals surface area contributed by atoms with Gasteiger partial charge in [0.05, 0.1) is 0 Å². The van der Waals surface area contributed by atoms with E-state index in [0.29, 0.717) is 5.41 Å². The average molecular weight is 241 g/mol. The summed E-state index contributed by atoms with van der Waals surface area (Å²) in [5.41, 5.74) is 10.4. The van der Waals surface area contributed by atoms with Crippen LogP contribution in [0.5, 0.6) is 0 Å². The highest BCUT2D eigenvalue weighted by molar-refractivity contribution is 5.47. The summed E-state index contributed by atoms with van der Waals surface area (Å²) >= 11 is 0. The molecule has 0 unspecified atom stereocenters. The molecule has 4 bridgehead atoms. The normalized spacial score (nSPS) is 41.3. The van der Waals surface area contributed by atoms with Crippen molar-refractivity contribution in [2.24, 2.45) is 17.8 Å². The zero-order valence-electron chi connectivity index (χ0n) is 11.3. The second kappa shape index (κ2) is 3.53. The fraction of sp³-hybridized carbons (Fsp3) is 0.647. The second-order valence-electron chi connectivity index (χ2n) is 7.27. The molecule has 4 aliphatic rings. The summed E-state index contributed by atoms with van der Waals surface area (Å²) in [6.07, 6.45) is 8.91. The molecule has 2 N–H and O–H groups in total. The molecule has 4 aliphatic carbocycles. The molecule has 1 aromatic carbocycles. The van der Waals surface area contributed by atoms with Gasteiger partial charge in [-0.25, -0.2) is 0 Å². The molecular weight excluding hydrogens is 218 g/mol. The SMILES string of the molecule is Cc1cc(N)ccc1C12CC3CC(CC(C3)C1)C2. The molecule has 96 valence electrons. The fourth-order valence-corrected chi connectivity index (χ4v) is 5.72. The van der Waals surface area contributed by atoms with Crippen LogP contribution in [0.25, 0.3) is 0 Å². The lowest BCUT2D eigenvalue weighted by atomic mass is 9.47. The van der Waals surface area contributed by atoms with Gasteiger partial charge in [0.15, 0.2) is 0 Å². The van der Waals surface area contributed by atoms with Gasteiger partial charge in [-0.2, -0.15) is 0 Å². The first-order valence-corrected chi connectivity index (χ1v) is 7.51. The third-order valence-electron chi connectivity index (χ3n) is 5.86. The largest absolute Gasteiger partial charge is 0.399 e. The molecule has 0 heterocycles. The molecule has 5 rings (SSSR count). The zero-order chi connectivity index (χ0) is 12.3. The molecule has 4 saturated carbocycles. The molecule has 0 amide bonds. The van der Waals surface area contributed by atoms with Crippen LogP contribution in [0.3, 0.4) is 0 Å². The van der Waals surface area contributed by atoms with Crippen LogP contribution in [0.15, 0.2) is 18.2 Å². The third-order valence-corrected chi connectivity index (χ3v) is 5.86. The summed E-state index contributed by atoms with van der Waals surface area (Å²) in [5, 5.41) is 0. The smallest absolute Gasteiger partial charge is 0.0316 e. The molecule has 18 heavy (non-hydrogen) atoms. The van der Waals surface area contributed by atoms with E-state index < -0.39 is 0 Å². The zero-order valence-corrected chi connectivity index (χ0v) is 11.3. The number of nitrogen functional groups attached to an aromatic ring is 1. The molecule has 1 aromatic rings. The van der Waals surface area contributed by atoms with Crippen LogP contribution in [-0.2, 0) is 5.41 Å². The monoisotopic (exact) mass is 241 g/mol. The maximum absolute atomic E-state index is 5.92. The number of hydrogen-bond acceptors (Lipinski definition) is 1. The fourth-order valence-electron chi connectivity index (χ4n) is 5.72. The molecule has 1 nitrogen and oxygen atoms in total. The number of benzene rings is 1. The van der Waals surface area contributed by atoms with Crippen molar-refractivity contribution < 1.29 is 0 Å². The van der Waals surface area contributed by atoms with E-state index in [4.69, 9.17) is 5.73 Å². The van der Waals surface area contributed by atoms with Gasteiger partial charge in [0, 0.05) is 5.69 Å². The number of aryl methyl sites for hydroxylation is 1. The molecule has 0 spiro atoms.